The molecule has 7 heteroatoms. The Morgan fingerprint density at radius 2 is 1.97 bits per heavy atom. The Kier molecular flexibility index (Phi) is 7.49. The Balaban J connectivity index is 1.64. The van der Waals surface area contributed by atoms with Gasteiger partial charge in [0.05, 0.1) is 28.9 Å². The second-order valence-corrected chi connectivity index (χ2v) is 9.14. The average molecular weight is 460 g/mol. The van der Waals surface area contributed by atoms with Crippen LogP contribution in [0, 0.1) is 11.3 Å². The van der Waals surface area contributed by atoms with Crippen molar-refractivity contribution in [2.24, 2.45) is 0 Å². The van der Waals surface area contributed by atoms with Crippen LogP contribution in [0.25, 0.3) is 10.9 Å². The number of fused-ring (bicyclic) bond motifs is 1. The molecule has 0 aliphatic carbocycles. The minimum Gasteiger partial charge on any atom is -0.457 e. The minimum atomic E-state index is 0.143. The zero-order valence-corrected chi connectivity index (χ0v) is 20.3. The molecule has 0 unspecified atom stereocenters. The lowest BCUT2D eigenvalue weighted by atomic mass is 10.0. The van der Waals surface area contributed by atoms with Crippen molar-refractivity contribution in [1.82, 2.24) is 19.6 Å². The molecular weight excluding hydrogens is 426 g/mol. The van der Waals surface area contributed by atoms with Gasteiger partial charge in [-0.1, -0.05) is 19.4 Å². The van der Waals surface area contributed by atoms with E-state index in [1.54, 1.807) is 19.1 Å². The van der Waals surface area contributed by atoms with Crippen LogP contribution in [0.4, 0.5) is 0 Å². The van der Waals surface area contributed by atoms with E-state index in [9.17, 15) is 10.1 Å². The normalized spacial score (nSPS) is 14.5. The van der Waals surface area contributed by atoms with Crippen molar-refractivity contribution < 1.29 is 9.53 Å². The Labute approximate surface area is 201 Å². The molecule has 1 aromatic heterocycles. The Morgan fingerprint density at radius 3 is 2.68 bits per heavy atom. The maximum absolute atomic E-state index is 11.8. The minimum absolute atomic E-state index is 0.143. The number of benzene rings is 2. The van der Waals surface area contributed by atoms with E-state index in [0.29, 0.717) is 11.3 Å². The first-order valence-corrected chi connectivity index (χ1v) is 12.1. The number of rotatable bonds is 8. The fraction of sp³-hybridized carbons (Fsp3) is 0.444. The molecule has 0 radical (unpaired) electrons. The molecule has 34 heavy (non-hydrogen) atoms. The number of likely N-dealkylation sites (tertiary alicyclic amines) is 1. The van der Waals surface area contributed by atoms with Crippen LogP contribution in [0.15, 0.2) is 42.5 Å². The summed E-state index contributed by atoms with van der Waals surface area (Å²) in [6.45, 7) is 7.17. The van der Waals surface area contributed by atoms with Crippen molar-refractivity contribution in [3.8, 4) is 17.6 Å². The molecule has 0 spiro atoms. The summed E-state index contributed by atoms with van der Waals surface area (Å²) in [5.41, 5.74) is 2.71. The van der Waals surface area contributed by atoms with Gasteiger partial charge in [0.25, 0.3) is 0 Å². The highest BCUT2D eigenvalue weighted by Crippen LogP contribution is 2.32. The molecule has 1 aliphatic heterocycles. The SMILES string of the molecule is CCCCN(C)Cc1nn(C2CCN(C(C)=O)CC2)c2ccc(Oc3cccc(C#N)c3)cc12. The predicted molar refractivity (Wildman–Crippen MR) is 133 cm³/mol. The standard InChI is InChI=1S/C27H33N5O2/c1-4-5-13-30(3)19-26-25-17-24(34-23-8-6-7-21(16-23)18-28)9-10-27(25)32(29-26)22-11-14-31(15-12-22)20(2)33/h6-10,16-17,22H,4-5,11-15,19H2,1-3H3. The van der Waals surface area contributed by atoms with Gasteiger partial charge < -0.3 is 14.5 Å². The van der Waals surface area contributed by atoms with Crippen LogP contribution >= 0.6 is 0 Å². The summed E-state index contributed by atoms with van der Waals surface area (Å²) in [6, 6.07) is 15.7. The van der Waals surface area contributed by atoms with Gasteiger partial charge in [-0.3, -0.25) is 9.48 Å². The second-order valence-electron chi connectivity index (χ2n) is 9.14. The number of carbonyl (C=O) groups excluding carboxylic acids is 1. The highest BCUT2D eigenvalue weighted by Gasteiger charge is 2.25. The van der Waals surface area contributed by atoms with E-state index in [4.69, 9.17) is 9.84 Å². The first-order chi connectivity index (χ1) is 16.5. The summed E-state index contributed by atoms with van der Waals surface area (Å²) in [7, 11) is 2.14. The molecule has 2 heterocycles. The Morgan fingerprint density at radius 1 is 1.21 bits per heavy atom. The van der Waals surface area contributed by atoms with E-state index < -0.39 is 0 Å². The third kappa shape index (κ3) is 5.40. The average Bonchev–Trinajstić information content (AvgIpc) is 3.20. The third-order valence-electron chi connectivity index (χ3n) is 6.52. The molecule has 0 N–H and O–H groups in total. The van der Waals surface area contributed by atoms with Crippen LogP contribution < -0.4 is 4.74 Å². The van der Waals surface area contributed by atoms with Gasteiger partial charge in [0.1, 0.15) is 11.5 Å². The Hall–Kier alpha value is -3.37. The van der Waals surface area contributed by atoms with Crippen LogP contribution in [0.3, 0.4) is 0 Å². The number of amides is 1. The zero-order valence-electron chi connectivity index (χ0n) is 20.3. The predicted octanol–water partition coefficient (Wildman–Crippen LogP) is 5.12. The zero-order chi connectivity index (χ0) is 24.1. The molecular formula is C27H33N5O2. The van der Waals surface area contributed by atoms with Gasteiger partial charge in [-0.15, -0.1) is 0 Å². The van der Waals surface area contributed by atoms with Crippen molar-refractivity contribution in [1.29, 1.82) is 5.26 Å². The molecule has 2 aromatic carbocycles. The van der Waals surface area contributed by atoms with E-state index in [-0.39, 0.29) is 11.9 Å². The number of nitrogens with zero attached hydrogens (tertiary/aromatic N) is 5. The summed E-state index contributed by atoms with van der Waals surface area (Å²) >= 11 is 0. The van der Waals surface area contributed by atoms with Crippen LogP contribution in [0.1, 0.15) is 56.8 Å². The number of ether oxygens (including phenoxy) is 1. The number of hydrogen-bond donors (Lipinski definition) is 0. The van der Waals surface area contributed by atoms with E-state index in [1.807, 2.05) is 23.1 Å². The molecule has 4 rings (SSSR count). The topological polar surface area (TPSA) is 74.4 Å². The van der Waals surface area contributed by atoms with E-state index in [1.165, 1.54) is 0 Å². The number of aromatic nitrogens is 2. The molecule has 1 fully saturated rings. The van der Waals surface area contributed by atoms with Crippen LogP contribution in [-0.2, 0) is 11.3 Å². The number of hydrogen-bond acceptors (Lipinski definition) is 5. The number of piperidine rings is 1. The quantitative estimate of drug-likeness (QED) is 0.468. The first kappa shape index (κ1) is 23.8. The van der Waals surface area contributed by atoms with Gasteiger partial charge >= 0.3 is 0 Å². The van der Waals surface area contributed by atoms with Gasteiger partial charge in [-0.25, -0.2) is 0 Å². The van der Waals surface area contributed by atoms with Gasteiger partial charge in [-0.05, 0) is 69.3 Å². The number of unbranched alkanes of at least 4 members (excludes halogenated alkanes) is 1. The molecule has 3 aromatic rings. The molecule has 0 bridgehead atoms. The summed E-state index contributed by atoms with van der Waals surface area (Å²) in [4.78, 5) is 16.0. The molecule has 7 nitrogen and oxygen atoms in total. The molecule has 0 atom stereocenters. The molecule has 178 valence electrons. The van der Waals surface area contributed by atoms with Crippen LogP contribution in [-0.4, -0.2) is 52.2 Å². The van der Waals surface area contributed by atoms with Crippen LogP contribution in [0.5, 0.6) is 11.5 Å². The lowest BCUT2D eigenvalue weighted by Gasteiger charge is -2.31. The maximum atomic E-state index is 11.8. The molecule has 1 saturated heterocycles. The fourth-order valence-corrected chi connectivity index (χ4v) is 4.60. The second kappa shape index (κ2) is 10.7. The van der Waals surface area contributed by atoms with Gasteiger partial charge in [0.2, 0.25) is 5.91 Å². The summed E-state index contributed by atoms with van der Waals surface area (Å²) < 4.78 is 8.27. The highest BCUT2D eigenvalue weighted by atomic mass is 16.5. The number of carbonyl (C=O) groups is 1. The summed E-state index contributed by atoms with van der Waals surface area (Å²) in [5.74, 6) is 1.51. The van der Waals surface area contributed by atoms with E-state index in [0.717, 1.165) is 74.2 Å². The fourth-order valence-electron chi connectivity index (χ4n) is 4.60. The van der Waals surface area contributed by atoms with Gasteiger partial charge in [-0.2, -0.15) is 10.4 Å². The van der Waals surface area contributed by atoms with E-state index in [2.05, 4.69) is 41.8 Å². The van der Waals surface area contributed by atoms with Crippen molar-refractivity contribution in [3.05, 3.63) is 53.7 Å². The highest BCUT2D eigenvalue weighted by molar-refractivity contribution is 5.84. The molecule has 0 saturated carbocycles. The maximum Gasteiger partial charge on any atom is 0.219 e. The summed E-state index contributed by atoms with van der Waals surface area (Å²) in [6.07, 6.45) is 4.12. The van der Waals surface area contributed by atoms with Crippen molar-refractivity contribution in [2.45, 2.75) is 52.1 Å². The third-order valence-corrected chi connectivity index (χ3v) is 6.52. The van der Waals surface area contributed by atoms with Gasteiger partial charge in [0, 0.05) is 31.9 Å². The van der Waals surface area contributed by atoms with Crippen molar-refractivity contribution in [2.75, 3.05) is 26.7 Å². The lowest BCUT2D eigenvalue weighted by molar-refractivity contribution is -0.130. The largest absolute Gasteiger partial charge is 0.457 e. The van der Waals surface area contributed by atoms with Crippen molar-refractivity contribution >= 4 is 16.8 Å². The first-order valence-electron chi connectivity index (χ1n) is 12.1. The van der Waals surface area contributed by atoms with E-state index >= 15 is 0 Å². The van der Waals surface area contributed by atoms with Crippen molar-refractivity contribution in [3.63, 3.8) is 0 Å². The molecule has 1 amide bonds. The van der Waals surface area contributed by atoms with Crippen LogP contribution in [0.2, 0.25) is 0 Å². The summed E-state index contributed by atoms with van der Waals surface area (Å²) in [5, 5.41) is 15.4. The monoisotopic (exact) mass is 459 g/mol. The Bertz CT molecular complexity index is 1190. The van der Waals surface area contributed by atoms with Gasteiger partial charge in [0.15, 0.2) is 0 Å². The lowest BCUT2D eigenvalue weighted by Crippen LogP contribution is -2.37. The molecule has 1 aliphatic rings. The smallest absolute Gasteiger partial charge is 0.219 e. The number of nitriles is 1.